The van der Waals surface area contributed by atoms with Crippen LogP contribution in [0.25, 0.3) is 0 Å². The highest BCUT2D eigenvalue weighted by atomic mass is 16.5. The van der Waals surface area contributed by atoms with Crippen molar-refractivity contribution in [3.8, 4) is 5.75 Å². The number of benzene rings is 2. The highest BCUT2D eigenvalue weighted by Gasteiger charge is 1.98. The summed E-state index contributed by atoms with van der Waals surface area (Å²) in [5.74, 6) is 0.0217. The van der Waals surface area contributed by atoms with Crippen molar-refractivity contribution in [3.63, 3.8) is 0 Å². The molecule has 0 bridgehead atoms. The van der Waals surface area contributed by atoms with Crippen LogP contribution in [0.1, 0.15) is 11.1 Å². The molecule has 2 rings (SSSR count). The summed E-state index contributed by atoms with van der Waals surface area (Å²) in [4.78, 5) is 15.4. The predicted octanol–water partition coefficient (Wildman–Crippen LogP) is 3.84. The van der Waals surface area contributed by atoms with E-state index in [4.69, 9.17) is 4.74 Å². The number of nitrogens with zero attached hydrogens (tertiary/aromatic N) is 1. The Labute approximate surface area is 118 Å². The second kappa shape index (κ2) is 6.48. The van der Waals surface area contributed by atoms with Crippen molar-refractivity contribution in [2.45, 2.75) is 6.92 Å². The maximum Gasteiger partial charge on any atom is 0.335 e. The summed E-state index contributed by atoms with van der Waals surface area (Å²) in [5.41, 5.74) is 3.04. The molecule has 0 saturated carbocycles. The molecule has 0 spiro atoms. The fraction of sp³-hybridized carbons (Fsp3) is 0.0588. The van der Waals surface area contributed by atoms with E-state index >= 15 is 0 Å². The van der Waals surface area contributed by atoms with Crippen molar-refractivity contribution in [3.05, 3.63) is 72.3 Å². The largest absolute Gasteiger partial charge is 0.423 e. The standard InChI is InChI=1S/C17H15NO2/c1-3-17(19)20-16-10-6-14(7-11-16)12-18-15-8-4-13(2)5-9-15/h3-12H,1H2,2H3. The van der Waals surface area contributed by atoms with E-state index < -0.39 is 5.97 Å². The summed E-state index contributed by atoms with van der Waals surface area (Å²) in [6.45, 7) is 5.39. The zero-order chi connectivity index (χ0) is 14.4. The second-order valence-corrected chi connectivity index (χ2v) is 4.29. The van der Waals surface area contributed by atoms with Crippen LogP contribution in [0, 0.1) is 6.92 Å². The van der Waals surface area contributed by atoms with Crippen molar-refractivity contribution < 1.29 is 9.53 Å². The minimum Gasteiger partial charge on any atom is -0.423 e. The lowest BCUT2D eigenvalue weighted by Gasteiger charge is -2.01. The Kier molecular flexibility index (Phi) is 4.45. The SMILES string of the molecule is C=CC(=O)Oc1ccc(C=Nc2ccc(C)cc2)cc1. The van der Waals surface area contributed by atoms with Crippen LogP contribution in [-0.2, 0) is 4.79 Å². The normalized spacial score (nSPS) is 10.4. The van der Waals surface area contributed by atoms with E-state index in [-0.39, 0.29) is 0 Å². The molecule has 0 saturated heterocycles. The van der Waals surface area contributed by atoms with Gasteiger partial charge >= 0.3 is 5.97 Å². The smallest absolute Gasteiger partial charge is 0.335 e. The van der Waals surface area contributed by atoms with E-state index in [1.165, 1.54) is 5.56 Å². The van der Waals surface area contributed by atoms with Gasteiger partial charge in [0.2, 0.25) is 0 Å². The van der Waals surface area contributed by atoms with Crippen LogP contribution in [0.5, 0.6) is 5.75 Å². The molecule has 100 valence electrons. The van der Waals surface area contributed by atoms with Crippen molar-refractivity contribution in [2.24, 2.45) is 4.99 Å². The predicted molar refractivity (Wildman–Crippen MR) is 80.7 cm³/mol. The molecular formula is C17H15NO2. The lowest BCUT2D eigenvalue weighted by molar-refractivity contribution is -0.128. The van der Waals surface area contributed by atoms with E-state index in [0.717, 1.165) is 17.3 Å². The zero-order valence-electron chi connectivity index (χ0n) is 11.2. The second-order valence-electron chi connectivity index (χ2n) is 4.29. The number of rotatable bonds is 4. The van der Waals surface area contributed by atoms with Crippen LogP contribution in [0.15, 0.2) is 66.2 Å². The molecule has 2 aromatic carbocycles. The van der Waals surface area contributed by atoms with E-state index in [9.17, 15) is 4.79 Å². The molecule has 3 nitrogen and oxygen atoms in total. The van der Waals surface area contributed by atoms with Gasteiger partial charge in [-0.15, -0.1) is 0 Å². The number of carbonyl (C=O) groups is 1. The molecule has 0 unspecified atom stereocenters. The number of aryl methyl sites for hydroxylation is 1. The molecule has 0 N–H and O–H groups in total. The average Bonchev–Trinajstić information content (AvgIpc) is 2.48. The minimum absolute atomic E-state index is 0.467. The molecule has 3 heteroatoms. The lowest BCUT2D eigenvalue weighted by atomic mass is 10.2. The number of aliphatic imine (C=N–C) groups is 1. The number of hydrogen-bond acceptors (Lipinski definition) is 3. The van der Waals surface area contributed by atoms with Gasteiger partial charge in [0.15, 0.2) is 0 Å². The van der Waals surface area contributed by atoms with Crippen LogP contribution in [0.2, 0.25) is 0 Å². The zero-order valence-corrected chi connectivity index (χ0v) is 11.2. The van der Waals surface area contributed by atoms with Crippen LogP contribution in [-0.4, -0.2) is 12.2 Å². The van der Waals surface area contributed by atoms with Crippen LogP contribution in [0.4, 0.5) is 5.69 Å². The molecular weight excluding hydrogens is 250 g/mol. The van der Waals surface area contributed by atoms with Crippen molar-refractivity contribution >= 4 is 17.9 Å². The number of hydrogen-bond donors (Lipinski definition) is 0. The molecule has 0 aromatic heterocycles. The van der Waals surface area contributed by atoms with Crippen LogP contribution in [0.3, 0.4) is 0 Å². The molecule has 0 heterocycles. The van der Waals surface area contributed by atoms with Gasteiger partial charge in [0.25, 0.3) is 0 Å². The first kappa shape index (κ1) is 13.7. The molecule has 0 aliphatic heterocycles. The van der Waals surface area contributed by atoms with Gasteiger partial charge in [0.05, 0.1) is 5.69 Å². The van der Waals surface area contributed by atoms with Crippen LogP contribution >= 0.6 is 0 Å². The maximum absolute atomic E-state index is 11.0. The Morgan fingerprint density at radius 3 is 2.35 bits per heavy atom. The molecule has 0 radical (unpaired) electrons. The van der Waals surface area contributed by atoms with E-state index in [1.807, 2.05) is 43.3 Å². The van der Waals surface area contributed by atoms with E-state index in [2.05, 4.69) is 11.6 Å². The minimum atomic E-state index is -0.467. The van der Waals surface area contributed by atoms with Crippen molar-refractivity contribution in [2.75, 3.05) is 0 Å². The Morgan fingerprint density at radius 1 is 1.10 bits per heavy atom. The third-order valence-corrected chi connectivity index (χ3v) is 2.66. The fourth-order valence-electron chi connectivity index (χ4n) is 1.56. The summed E-state index contributed by atoms with van der Waals surface area (Å²) in [6, 6.07) is 15.1. The fourth-order valence-corrected chi connectivity index (χ4v) is 1.56. The van der Waals surface area contributed by atoms with Gasteiger partial charge in [-0.1, -0.05) is 24.3 Å². The summed E-state index contributed by atoms with van der Waals surface area (Å²) < 4.78 is 4.99. The average molecular weight is 265 g/mol. The van der Waals surface area contributed by atoms with Crippen molar-refractivity contribution in [1.82, 2.24) is 0 Å². The first-order valence-corrected chi connectivity index (χ1v) is 6.22. The van der Waals surface area contributed by atoms with Gasteiger partial charge in [-0.3, -0.25) is 4.99 Å². The lowest BCUT2D eigenvalue weighted by Crippen LogP contribution is -2.02. The highest BCUT2D eigenvalue weighted by molar-refractivity contribution is 5.84. The topological polar surface area (TPSA) is 38.7 Å². The first-order chi connectivity index (χ1) is 9.67. The van der Waals surface area contributed by atoms with Gasteiger partial charge in [0, 0.05) is 12.3 Å². The molecule has 0 fully saturated rings. The van der Waals surface area contributed by atoms with E-state index in [0.29, 0.717) is 5.75 Å². The monoisotopic (exact) mass is 265 g/mol. The molecule has 0 aliphatic carbocycles. The Morgan fingerprint density at radius 2 is 1.75 bits per heavy atom. The molecule has 0 aliphatic rings. The van der Waals surface area contributed by atoms with Gasteiger partial charge in [0.1, 0.15) is 5.75 Å². The molecule has 20 heavy (non-hydrogen) atoms. The highest BCUT2D eigenvalue weighted by Crippen LogP contribution is 2.14. The van der Waals surface area contributed by atoms with Crippen LogP contribution < -0.4 is 4.74 Å². The maximum atomic E-state index is 11.0. The van der Waals surface area contributed by atoms with Gasteiger partial charge < -0.3 is 4.74 Å². The first-order valence-electron chi connectivity index (χ1n) is 6.22. The van der Waals surface area contributed by atoms with Gasteiger partial charge in [-0.2, -0.15) is 0 Å². The summed E-state index contributed by atoms with van der Waals surface area (Å²) in [7, 11) is 0. The van der Waals surface area contributed by atoms with Gasteiger partial charge in [-0.05, 0) is 48.9 Å². The molecule has 2 aromatic rings. The quantitative estimate of drug-likeness (QED) is 0.364. The third-order valence-electron chi connectivity index (χ3n) is 2.66. The molecule has 0 amide bonds. The third kappa shape index (κ3) is 3.92. The molecule has 0 atom stereocenters. The summed E-state index contributed by atoms with van der Waals surface area (Å²) >= 11 is 0. The Bertz CT molecular complexity index is 625. The Balaban J connectivity index is 2.05. The summed E-state index contributed by atoms with van der Waals surface area (Å²) in [6.07, 6.45) is 2.90. The Hall–Kier alpha value is -2.68. The van der Waals surface area contributed by atoms with Crippen molar-refractivity contribution in [1.29, 1.82) is 0 Å². The number of esters is 1. The number of ether oxygens (including phenoxy) is 1. The van der Waals surface area contributed by atoms with Gasteiger partial charge in [-0.25, -0.2) is 4.79 Å². The van der Waals surface area contributed by atoms with E-state index in [1.54, 1.807) is 18.3 Å². The summed E-state index contributed by atoms with van der Waals surface area (Å²) in [5, 5.41) is 0. The number of carbonyl (C=O) groups excluding carboxylic acids is 1.